The Kier molecular flexibility index (Phi) is 13.7. The van der Waals surface area contributed by atoms with Crippen molar-refractivity contribution in [1.82, 2.24) is 0 Å². The highest BCUT2D eigenvalue weighted by molar-refractivity contribution is 5.66. The summed E-state index contributed by atoms with van der Waals surface area (Å²) in [5.74, 6) is -1.07. The quantitative estimate of drug-likeness (QED) is 0.670. The molecule has 1 aromatic rings. The first-order chi connectivity index (χ1) is 8.97. The Labute approximate surface area is 114 Å². The highest BCUT2D eigenvalue weighted by Crippen LogP contribution is 1.97. The molecule has 0 fully saturated rings. The zero-order valence-electron chi connectivity index (χ0n) is 11.3. The molecule has 0 spiro atoms. The summed E-state index contributed by atoms with van der Waals surface area (Å²) in [5, 5.41) is 7.72. The number of aliphatic carboxylic acids is 1. The number of esters is 1. The molecular formula is C15H20O4. The van der Waals surface area contributed by atoms with E-state index in [-0.39, 0.29) is 12.4 Å². The number of carboxylic acids is 1. The summed E-state index contributed by atoms with van der Waals surface area (Å²) in [4.78, 5) is 19.1. The average Bonchev–Trinajstić information content (AvgIpc) is 2.41. The van der Waals surface area contributed by atoms with Gasteiger partial charge in [-0.3, -0.25) is 9.59 Å². The summed E-state index contributed by atoms with van der Waals surface area (Å²) in [6, 6.07) is 10.0. The second-order valence-corrected chi connectivity index (χ2v) is 3.14. The van der Waals surface area contributed by atoms with Gasteiger partial charge >= 0.3 is 11.9 Å². The van der Waals surface area contributed by atoms with Crippen molar-refractivity contribution in [3.8, 4) is 0 Å². The molecule has 4 heteroatoms. The Morgan fingerprint density at radius 3 is 1.89 bits per heavy atom. The van der Waals surface area contributed by atoms with Crippen molar-refractivity contribution < 1.29 is 19.4 Å². The monoisotopic (exact) mass is 264 g/mol. The molecule has 1 aromatic carbocycles. The summed E-state index contributed by atoms with van der Waals surface area (Å²) in [5.41, 5.74) is 1.17. The molecular weight excluding hydrogens is 244 g/mol. The highest BCUT2D eigenvalue weighted by Gasteiger charge is 1.81. The maximum Gasteiger partial charge on any atom is 0.307 e. The number of hydrogen-bond acceptors (Lipinski definition) is 3. The van der Waals surface area contributed by atoms with Crippen LogP contribution in [-0.2, 0) is 14.3 Å². The molecule has 0 bridgehead atoms. The summed E-state index contributed by atoms with van der Waals surface area (Å²) in [6.07, 6.45) is 3.16. The van der Waals surface area contributed by atoms with Crippen LogP contribution < -0.4 is 0 Å². The fourth-order valence-electron chi connectivity index (χ4n) is 0.706. The van der Waals surface area contributed by atoms with Crippen LogP contribution in [0, 0.1) is 0 Å². The fourth-order valence-corrected chi connectivity index (χ4v) is 0.706. The lowest BCUT2D eigenvalue weighted by molar-refractivity contribution is -0.137. The smallest absolute Gasteiger partial charge is 0.307 e. The van der Waals surface area contributed by atoms with Gasteiger partial charge in [-0.1, -0.05) is 56.5 Å². The topological polar surface area (TPSA) is 63.6 Å². The first-order valence-electron chi connectivity index (χ1n) is 5.65. The molecule has 4 nitrogen and oxygen atoms in total. The minimum atomic E-state index is -0.745. The van der Waals surface area contributed by atoms with Crippen LogP contribution in [0.1, 0.15) is 25.8 Å². The molecule has 0 amide bonds. The molecule has 0 aromatic heterocycles. The van der Waals surface area contributed by atoms with E-state index >= 15 is 0 Å². The van der Waals surface area contributed by atoms with E-state index in [9.17, 15) is 9.59 Å². The normalized spacial score (nSPS) is 7.68. The van der Waals surface area contributed by atoms with Gasteiger partial charge in [-0.15, -0.1) is 0 Å². The minimum Gasteiger partial charge on any atom is -0.481 e. The maximum atomic E-state index is 9.75. The second-order valence-electron chi connectivity index (χ2n) is 3.14. The number of rotatable bonds is 3. The highest BCUT2D eigenvalue weighted by atomic mass is 16.5. The Balaban J connectivity index is 0. The summed E-state index contributed by atoms with van der Waals surface area (Å²) in [7, 11) is 0. The summed E-state index contributed by atoms with van der Waals surface area (Å²) >= 11 is 0. The molecule has 0 atom stereocenters. The van der Waals surface area contributed by atoms with E-state index in [0.717, 1.165) is 6.26 Å². The third-order valence-corrected chi connectivity index (χ3v) is 1.59. The van der Waals surface area contributed by atoms with Gasteiger partial charge in [-0.2, -0.15) is 0 Å². The standard InChI is InChI=1S/C8H8.C4H6O2.C3H6O2/c1-2-8-6-4-3-5-7-8;1-3-6-4(2)5;1-2-3(4)5/h2-7H,1H2;3H,1H2,2H3;2H2,1H3,(H,4,5). The summed E-state index contributed by atoms with van der Waals surface area (Å²) in [6.45, 7) is 9.71. The van der Waals surface area contributed by atoms with Gasteiger partial charge in [-0.05, 0) is 5.56 Å². The fraction of sp³-hybridized carbons (Fsp3) is 0.200. The van der Waals surface area contributed by atoms with Crippen molar-refractivity contribution in [3.05, 3.63) is 55.3 Å². The van der Waals surface area contributed by atoms with E-state index in [0.29, 0.717) is 0 Å². The molecule has 1 rings (SSSR count). The van der Waals surface area contributed by atoms with Crippen LogP contribution in [0.4, 0.5) is 0 Å². The summed E-state index contributed by atoms with van der Waals surface area (Å²) < 4.78 is 4.17. The van der Waals surface area contributed by atoms with Crippen molar-refractivity contribution in [1.29, 1.82) is 0 Å². The maximum absolute atomic E-state index is 9.75. The van der Waals surface area contributed by atoms with E-state index in [1.165, 1.54) is 12.5 Å². The predicted molar refractivity (Wildman–Crippen MR) is 76.4 cm³/mol. The SMILES string of the molecule is C=COC(C)=O.C=Cc1ccccc1.CCC(=O)O. The lowest BCUT2D eigenvalue weighted by Gasteiger charge is -1.85. The van der Waals surface area contributed by atoms with Crippen LogP contribution in [0.15, 0.2) is 49.8 Å². The van der Waals surface area contributed by atoms with Gasteiger partial charge in [0, 0.05) is 13.3 Å². The molecule has 0 aliphatic carbocycles. The molecule has 0 radical (unpaired) electrons. The minimum absolute atomic E-state index is 0.222. The van der Waals surface area contributed by atoms with E-state index < -0.39 is 5.97 Å². The Morgan fingerprint density at radius 1 is 1.26 bits per heavy atom. The number of carboxylic acid groups (broad SMARTS) is 1. The van der Waals surface area contributed by atoms with Crippen LogP contribution in [0.25, 0.3) is 6.08 Å². The van der Waals surface area contributed by atoms with Crippen LogP contribution in [-0.4, -0.2) is 17.0 Å². The molecule has 0 heterocycles. The van der Waals surface area contributed by atoms with Gasteiger partial charge in [0.15, 0.2) is 0 Å². The Bertz CT molecular complexity index is 382. The lowest BCUT2D eigenvalue weighted by Crippen LogP contribution is -1.87. The zero-order chi connectivity index (χ0) is 15.1. The molecule has 0 aliphatic heterocycles. The van der Waals surface area contributed by atoms with Crippen LogP contribution in [0.3, 0.4) is 0 Å². The van der Waals surface area contributed by atoms with Gasteiger partial charge in [0.05, 0.1) is 6.26 Å². The van der Waals surface area contributed by atoms with E-state index in [1.54, 1.807) is 6.92 Å². The van der Waals surface area contributed by atoms with Crippen molar-refractivity contribution in [3.63, 3.8) is 0 Å². The Hall–Kier alpha value is -2.36. The van der Waals surface area contributed by atoms with Gasteiger partial charge < -0.3 is 9.84 Å². The molecule has 0 saturated heterocycles. The first-order valence-corrected chi connectivity index (χ1v) is 5.65. The third-order valence-electron chi connectivity index (χ3n) is 1.59. The number of benzene rings is 1. The van der Waals surface area contributed by atoms with Crippen LogP contribution in [0.5, 0.6) is 0 Å². The van der Waals surface area contributed by atoms with Gasteiger partial charge in [0.2, 0.25) is 0 Å². The number of ether oxygens (including phenoxy) is 1. The van der Waals surface area contributed by atoms with Crippen molar-refractivity contribution in [2.75, 3.05) is 0 Å². The second kappa shape index (κ2) is 13.7. The number of carbonyl (C=O) groups is 2. The van der Waals surface area contributed by atoms with Crippen molar-refractivity contribution >= 4 is 18.0 Å². The van der Waals surface area contributed by atoms with Gasteiger partial charge in [0.25, 0.3) is 0 Å². The van der Waals surface area contributed by atoms with Crippen molar-refractivity contribution in [2.24, 2.45) is 0 Å². The zero-order valence-corrected chi connectivity index (χ0v) is 11.3. The average molecular weight is 264 g/mol. The van der Waals surface area contributed by atoms with E-state index in [4.69, 9.17) is 5.11 Å². The molecule has 0 aliphatic rings. The molecule has 104 valence electrons. The number of hydrogen-bond donors (Lipinski definition) is 1. The van der Waals surface area contributed by atoms with Crippen molar-refractivity contribution in [2.45, 2.75) is 20.3 Å². The lowest BCUT2D eigenvalue weighted by atomic mass is 10.2. The van der Waals surface area contributed by atoms with Crippen LogP contribution >= 0.6 is 0 Å². The van der Waals surface area contributed by atoms with E-state index in [1.807, 2.05) is 36.4 Å². The largest absolute Gasteiger partial charge is 0.481 e. The number of carbonyl (C=O) groups excluding carboxylic acids is 1. The molecule has 0 unspecified atom stereocenters. The van der Waals surface area contributed by atoms with E-state index in [2.05, 4.69) is 17.9 Å². The third kappa shape index (κ3) is 18.2. The molecule has 19 heavy (non-hydrogen) atoms. The molecule has 0 saturated carbocycles. The Morgan fingerprint density at radius 2 is 1.74 bits per heavy atom. The molecule has 1 N–H and O–H groups in total. The van der Waals surface area contributed by atoms with Gasteiger partial charge in [0.1, 0.15) is 0 Å². The van der Waals surface area contributed by atoms with Gasteiger partial charge in [-0.25, -0.2) is 0 Å². The predicted octanol–water partition coefficient (Wildman–Crippen LogP) is 3.50. The van der Waals surface area contributed by atoms with Crippen LogP contribution in [0.2, 0.25) is 0 Å². The first kappa shape index (κ1) is 19.0.